The molecule has 0 atom stereocenters. The Morgan fingerprint density at radius 1 is 1.28 bits per heavy atom. The van der Waals surface area contributed by atoms with Crippen molar-refractivity contribution in [2.75, 3.05) is 19.0 Å². The van der Waals surface area contributed by atoms with E-state index in [1.807, 2.05) is 46.9 Å². The van der Waals surface area contributed by atoms with E-state index in [1.54, 1.807) is 31.8 Å². The molecule has 29 heavy (non-hydrogen) atoms. The summed E-state index contributed by atoms with van der Waals surface area (Å²) in [4.78, 5) is 6.12. The standard InChI is InChI=1S/C22H25FN4OS/c1-17-7-8-21(28-2)20(13-17)25-22(29)27(11-4-10-26-12-9-24-16-26)15-18-5-3-6-19(23)14-18/h3,5-9,12-14,16H,4,10-11,15H2,1-2H3,(H,25,29). The zero-order valence-electron chi connectivity index (χ0n) is 16.6. The number of thiocarbonyl (C=S) groups is 1. The van der Waals surface area contributed by atoms with Gasteiger partial charge in [0.05, 0.1) is 19.1 Å². The topological polar surface area (TPSA) is 42.3 Å². The highest BCUT2D eigenvalue weighted by atomic mass is 32.1. The van der Waals surface area contributed by atoms with Gasteiger partial charge in [0.25, 0.3) is 0 Å². The Morgan fingerprint density at radius 3 is 2.86 bits per heavy atom. The van der Waals surface area contributed by atoms with Crippen molar-refractivity contribution in [3.05, 3.63) is 78.1 Å². The predicted molar refractivity (Wildman–Crippen MR) is 118 cm³/mol. The van der Waals surface area contributed by atoms with Gasteiger partial charge >= 0.3 is 0 Å². The van der Waals surface area contributed by atoms with Gasteiger partial charge in [-0.2, -0.15) is 0 Å². The second kappa shape index (κ2) is 10.0. The average Bonchev–Trinajstić information content (AvgIpc) is 3.21. The lowest BCUT2D eigenvalue weighted by Crippen LogP contribution is -2.35. The van der Waals surface area contributed by atoms with Crippen LogP contribution in [0.5, 0.6) is 5.75 Å². The third-order valence-electron chi connectivity index (χ3n) is 4.55. The maximum atomic E-state index is 13.7. The van der Waals surface area contributed by atoms with E-state index < -0.39 is 0 Å². The number of hydrogen-bond acceptors (Lipinski definition) is 3. The first-order chi connectivity index (χ1) is 14.0. The predicted octanol–water partition coefficient (Wildman–Crippen LogP) is 4.63. The molecule has 3 rings (SSSR count). The first kappa shape index (κ1) is 20.8. The maximum absolute atomic E-state index is 13.7. The number of anilines is 1. The van der Waals surface area contributed by atoms with E-state index in [2.05, 4.69) is 10.3 Å². The summed E-state index contributed by atoms with van der Waals surface area (Å²) in [6.45, 7) is 4.08. The van der Waals surface area contributed by atoms with Crippen LogP contribution in [0, 0.1) is 12.7 Å². The number of nitrogens with one attached hydrogen (secondary N) is 1. The number of imidazole rings is 1. The van der Waals surface area contributed by atoms with Crippen molar-refractivity contribution in [3.8, 4) is 5.75 Å². The third kappa shape index (κ3) is 6.02. The van der Waals surface area contributed by atoms with Crippen LogP contribution in [-0.4, -0.2) is 33.2 Å². The quantitative estimate of drug-likeness (QED) is 0.547. The molecule has 0 saturated carbocycles. The Hall–Kier alpha value is -2.93. The molecule has 1 aromatic heterocycles. The lowest BCUT2D eigenvalue weighted by molar-refractivity contribution is 0.394. The molecule has 0 aliphatic carbocycles. The van der Waals surface area contributed by atoms with Crippen LogP contribution in [0.25, 0.3) is 0 Å². The van der Waals surface area contributed by atoms with E-state index in [4.69, 9.17) is 17.0 Å². The van der Waals surface area contributed by atoms with Crippen molar-refractivity contribution in [3.63, 3.8) is 0 Å². The van der Waals surface area contributed by atoms with Crippen molar-refractivity contribution in [2.24, 2.45) is 0 Å². The molecule has 0 unspecified atom stereocenters. The summed E-state index contributed by atoms with van der Waals surface area (Å²) in [5, 5.41) is 3.87. The molecule has 3 aromatic rings. The Morgan fingerprint density at radius 2 is 2.14 bits per heavy atom. The van der Waals surface area contributed by atoms with Crippen molar-refractivity contribution in [1.29, 1.82) is 0 Å². The van der Waals surface area contributed by atoms with E-state index >= 15 is 0 Å². The fraction of sp³-hybridized carbons (Fsp3) is 0.273. The number of aromatic nitrogens is 2. The molecule has 0 aliphatic rings. The highest BCUT2D eigenvalue weighted by molar-refractivity contribution is 7.80. The maximum Gasteiger partial charge on any atom is 0.173 e. The lowest BCUT2D eigenvalue weighted by Gasteiger charge is -2.27. The summed E-state index contributed by atoms with van der Waals surface area (Å²) in [6.07, 6.45) is 6.37. The number of aryl methyl sites for hydroxylation is 2. The fourth-order valence-electron chi connectivity index (χ4n) is 3.09. The molecule has 152 valence electrons. The number of nitrogens with zero attached hydrogens (tertiary/aromatic N) is 3. The second-order valence-corrected chi connectivity index (χ2v) is 7.23. The smallest absolute Gasteiger partial charge is 0.173 e. The highest BCUT2D eigenvalue weighted by Gasteiger charge is 2.13. The lowest BCUT2D eigenvalue weighted by atomic mass is 10.2. The molecule has 0 saturated heterocycles. The number of halogens is 1. The number of benzene rings is 2. The molecular formula is C22H25FN4OS. The summed E-state index contributed by atoms with van der Waals surface area (Å²) in [5.74, 6) is 0.474. The van der Waals surface area contributed by atoms with Crippen LogP contribution in [-0.2, 0) is 13.1 Å². The summed E-state index contributed by atoms with van der Waals surface area (Å²) in [6, 6.07) is 12.5. The molecular weight excluding hydrogens is 387 g/mol. The molecule has 0 spiro atoms. The van der Waals surface area contributed by atoms with Crippen molar-refractivity contribution in [2.45, 2.75) is 26.4 Å². The Kier molecular flexibility index (Phi) is 7.19. The molecule has 0 bridgehead atoms. The Bertz CT molecular complexity index is 946. The zero-order valence-corrected chi connectivity index (χ0v) is 17.5. The molecule has 0 aliphatic heterocycles. The van der Waals surface area contributed by atoms with Gasteiger partial charge in [-0.1, -0.05) is 18.2 Å². The summed E-state index contributed by atoms with van der Waals surface area (Å²) in [7, 11) is 1.63. The molecule has 1 heterocycles. The summed E-state index contributed by atoms with van der Waals surface area (Å²) in [5.41, 5.74) is 2.79. The monoisotopic (exact) mass is 412 g/mol. The number of methoxy groups -OCH3 is 1. The van der Waals surface area contributed by atoms with Crippen LogP contribution >= 0.6 is 12.2 Å². The van der Waals surface area contributed by atoms with Crippen LogP contribution in [0.2, 0.25) is 0 Å². The van der Waals surface area contributed by atoms with Gasteiger partial charge in [0.2, 0.25) is 0 Å². The highest BCUT2D eigenvalue weighted by Crippen LogP contribution is 2.26. The van der Waals surface area contributed by atoms with Crippen LogP contribution in [0.1, 0.15) is 17.5 Å². The SMILES string of the molecule is COc1ccc(C)cc1NC(=S)N(CCCn1ccnc1)Cc1cccc(F)c1. The second-order valence-electron chi connectivity index (χ2n) is 6.84. The summed E-state index contributed by atoms with van der Waals surface area (Å²) < 4.78 is 21.1. The van der Waals surface area contributed by atoms with Crippen LogP contribution in [0.15, 0.2) is 61.2 Å². The van der Waals surface area contributed by atoms with Gasteiger partial charge < -0.3 is 19.5 Å². The first-order valence-corrected chi connectivity index (χ1v) is 9.87. The van der Waals surface area contributed by atoms with E-state index in [9.17, 15) is 4.39 Å². The van der Waals surface area contributed by atoms with Crippen LogP contribution in [0.3, 0.4) is 0 Å². The van der Waals surface area contributed by atoms with Crippen LogP contribution < -0.4 is 10.1 Å². The van der Waals surface area contributed by atoms with Gasteiger partial charge in [0.1, 0.15) is 11.6 Å². The number of rotatable bonds is 8. The third-order valence-corrected chi connectivity index (χ3v) is 4.91. The van der Waals surface area contributed by atoms with E-state index in [0.717, 1.165) is 35.5 Å². The van der Waals surface area contributed by atoms with E-state index in [1.165, 1.54) is 6.07 Å². The minimum Gasteiger partial charge on any atom is -0.495 e. The zero-order chi connectivity index (χ0) is 20.6. The van der Waals surface area contributed by atoms with Crippen LogP contribution in [0.4, 0.5) is 10.1 Å². The van der Waals surface area contributed by atoms with Gasteiger partial charge in [-0.05, 0) is 61.0 Å². The molecule has 5 nitrogen and oxygen atoms in total. The van der Waals surface area contributed by atoms with E-state index in [0.29, 0.717) is 18.2 Å². The van der Waals surface area contributed by atoms with Gasteiger partial charge in [-0.15, -0.1) is 0 Å². The molecule has 7 heteroatoms. The number of ether oxygens (including phenoxy) is 1. The normalized spacial score (nSPS) is 10.6. The van der Waals surface area contributed by atoms with Gasteiger partial charge in [0, 0.05) is 32.0 Å². The molecule has 1 N–H and O–H groups in total. The minimum absolute atomic E-state index is 0.250. The van der Waals surface area contributed by atoms with Crippen molar-refractivity contribution in [1.82, 2.24) is 14.5 Å². The average molecular weight is 413 g/mol. The fourth-order valence-corrected chi connectivity index (χ4v) is 3.35. The number of hydrogen-bond donors (Lipinski definition) is 1. The van der Waals surface area contributed by atoms with Crippen molar-refractivity contribution >= 4 is 23.0 Å². The van der Waals surface area contributed by atoms with E-state index in [-0.39, 0.29) is 5.82 Å². The Labute approximate surface area is 176 Å². The molecule has 0 fully saturated rings. The first-order valence-electron chi connectivity index (χ1n) is 9.46. The molecule has 0 amide bonds. The molecule has 2 aromatic carbocycles. The summed E-state index contributed by atoms with van der Waals surface area (Å²) >= 11 is 5.70. The van der Waals surface area contributed by atoms with Crippen molar-refractivity contribution < 1.29 is 9.13 Å². The molecule has 0 radical (unpaired) electrons. The minimum atomic E-state index is -0.250. The van der Waals surface area contributed by atoms with Gasteiger partial charge in [-0.25, -0.2) is 9.37 Å². The largest absolute Gasteiger partial charge is 0.495 e. The Balaban J connectivity index is 1.73. The van der Waals surface area contributed by atoms with Gasteiger partial charge in [-0.3, -0.25) is 0 Å². The van der Waals surface area contributed by atoms with Gasteiger partial charge in [0.15, 0.2) is 5.11 Å².